The molecule has 3 heterocycles. The first kappa shape index (κ1) is 23.8. The highest BCUT2D eigenvalue weighted by molar-refractivity contribution is 6.34. The molecule has 9 heteroatoms. The van der Waals surface area contributed by atoms with Gasteiger partial charge in [0.25, 0.3) is 0 Å². The van der Waals surface area contributed by atoms with Crippen molar-refractivity contribution >= 4 is 39.8 Å². The summed E-state index contributed by atoms with van der Waals surface area (Å²) >= 11 is 6.66. The van der Waals surface area contributed by atoms with Crippen molar-refractivity contribution in [1.82, 2.24) is 9.88 Å². The van der Waals surface area contributed by atoms with Crippen LogP contribution >= 0.6 is 11.6 Å². The predicted octanol–water partition coefficient (Wildman–Crippen LogP) is 2.77. The number of pyridine rings is 1. The highest BCUT2D eigenvalue weighted by Gasteiger charge is 2.44. The van der Waals surface area contributed by atoms with Crippen LogP contribution in [0.3, 0.4) is 0 Å². The van der Waals surface area contributed by atoms with Gasteiger partial charge in [-0.3, -0.25) is 9.69 Å². The molecule has 34 heavy (non-hydrogen) atoms. The Labute approximate surface area is 205 Å². The topological polar surface area (TPSA) is 87.2 Å². The van der Waals surface area contributed by atoms with Crippen LogP contribution in [-0.4, -0.2) is 85.6 Å². The van der Waals surface area contributed by atoms with Crippen molar-refractivity contribution < 1.29 is 19.4 Å². The van der Waals surface area contributed by atoms with Crippen molar-refractivity contribution in [2.24, 2.45) is 11.8 Å². The summed E-state index contributed by atoms with van der Waals surface area (Å²) in [5.41, 5.74) is 0.644. The Morgan fingerprint density at radius 1 is 1.26 bits per heavy atom. The number of carbonyl (C=O) groups is 1. The van der Waals surface area contributed by atoms with E-state index >= 15 is 0 Å². The van der Waals surface area contributed by atoms with E-state index in [2.05, 4.69) is 33.1 Å². The van der Waals surface area contributed by atoms with Gasteiger partial charge in [0.2, 0.25) is 5.91 Å². The third-order valence-electron chi connectivity index (χ3n) is 7.90. The number of nitrogens with one attached hydrogen (secondary N) is 1. The molecule has 8 nitrogen and oxygen atoms in total. The van der Waals surface area contributed by atoms with Crippen LogP contribution in [0.5, 0.6) is 0 Å². The van der Waals surface area contributed by atoms with E-state index in [1.54, 1.807) is 13.3 Å². The standard InChI is InChI=1S/C25H33ClN4O4/c1-25(15-34-14-22(25)31)30-7-5-29(6-8-30)21-10-17-11-23(27-12-18(17)9-20(21)26)28-24(32)19-4-3-16(19)13-33-2/h9-12,16,19,22,31H,3-8,13-15H2,1-2H3,(H,27,28,32)/t16-,19+,22-,25+/m1/s1. The monoisotopic (exact) mass is 488 g/mol. The van der Waals surface area contributed by atoms with Gasteiger partial charge in [-0.2, -0.15) is 0 Å². The first-order valence-electron chi connectivity index (χ1n) is 12.0. The Bertz CT molecular complexity index is 1060. The summed E-state index contributed by atoms with van der Waals surface area (Å²) in [5, 5.41) is 16.0. The molecule has 184 valence electrons. The van der Waals surface area contributed by atoms with E-state index in [0.717, 1.165) is 55.5 Å². The second-order valence-electron chi connectivity index (χ2n) is 9.97. The minimum absolute atomic E-state index is 0.0111. The Kier molecular flexibility index (Phi) is 6.70. The van der Waals surface area contributed by atoms with Crippen LogP contribution in [0.2, 0.25) is 5.02 Å². The summed E-state index contributed by atoms with van der Waals surface area (Å²) in [7, 11) is 1.67. The average Bonchev–Trinajstić information content (AvgIpc) is 3.15. The molecule has 1 saturated carbocycles. The van der Waals surface area contributed by atoms with Gasteiger partial charge >= 0.3 is 0 Å². The minimum atomic E-state index is -0.464. The van der Waals surface area contributed by atoms with E-state index < -0.39 is 6.10 Å². The number of aliphatic hydroxyl groups is 1. The van der Waals surface area contributed by atoms with Crippen molar-refractivity contribution in [1.29, 1.82) is 0 Å². The van der Waals surface area contributed by atoms with Gasteiger partial charge in [-0.25, -0.2) is 4.98 Å². The van der Waals surface area contributed by atoms with Crippen LogP contribution in [0.4, 0.5) is 11.5 Å². The van der Waals surface area contributed by atoms with Crippen LogP contribution in [-0.2, 0) is 14.3 Å². The number of methoxy groups -OCH3 is 1. The highest BCUT2D eigenvalue weighted by Crippen LogP contribution is 2.36. The Balaban J connectivity index is 1.29. The first-order valence-corrected chi connectivity index (χ1v) is 12.4. The van der Waals surface area contributed by atoms with Gasteiger partial charge in [-0.1, -0.05) is 11.6 Å². The van der Waals surface area contributed by atoms with E-state index in [4.69, 9.17) is 21.1 Å². The van der Waals surface area contributed by atoms with E-state index in [-0.39, 0.29) is 23.3 Å². The molecule has 5 rings (SSSR count). The number of aromatic nitrogens is 1. The number of halogens is 1. The van der Waals surface area contributed by atoms with Gasteiger partial charge in [0, 0.05) is 57.4 Å². The number of ether oxygens (including phenoxy) is 2. The molecule has 2 aliphatic heterocycles. The maximum Gasteiger partial charge on any atom is 0.229 e. The van der Waals surface area contributed by atoms with Crippen molar-refractivity contribution in [3.8, 4) is 0 Å². The van der Waals surface area contributed by atoms with Gasteiger partial charge in [0.05, 0.1) is 35.6 Å². The third kappa shape index (κ3) is 4.38. The lowest BCUT2D eigenvalue weighted by Gasteiger charge is -2.45. The summed E-state index contributed by atoms with van der Waals surface area (Å²) in [4.78, 5) is 21.7. The molecule has 2 N–H and O–H groups in total. The van der Waals surface area contributed by atoms with E-state index in [1.807, 2.05) is 12.1 Å². The molecule has 2 saturated heterocycles. The molecular formula is C25H33ClN4O4. The molecular weight excluding hydrogens is 456 g/mol. The lowest BCUT2D eigenvalue weighted by molar-refractivity contribution is -0.126. The van der Waals surface area contributed by atoms with Crippen molar-refractivity contribution in [3.63, 3.8) is 0 Å². The summed E-state index contributed by atoms with van der Waals surface area (Å²) < 4.78 is 10.7. The molecule has 1 aromatic carbocycles. The molecule has 1 amide bonds. The third-order valence-corrected chi connectivity index (χ3v) is 8.21. The number of anilines is 2. The fourth-order valence-electron chi connectivity index (χ4n) is 5.42. The summed E-state index contributed by atoms with van der Waals surface area (Å²) in [6, 6.07) is 5.94. The zero-order valence-corrected chi connectivity index (χ0v) is 20.6. The molecule has 0 radical (unpaired) electrons. The number of piperazine rings is 1. The minimum Gasteiger partial charge on any atom is -0.389 e. The molecule has 0 bridgehead atoms. The van der Waals surface area contributed by atoms with Crippen LogP contribution in [0.25, 0.3) is 10.8 Å². The van der Waals surface area contributed by atoms with Crippen LogP contribution < -0.4 is 10.2 Å². The largest absolute Gasteiger partial charge is 0.389 e. The van der Waals surface area contributed by atoms with Crippen molar-refractivity contribution in [3.05, 3.63) is 29.4 Å². The summed E-state index contributed by atoms with van der Waals surface area (Å²) in [5.74, 6) is 0.840. The Morgan fingerprint density at radius 3 is 2.71 bits per heavy atom. The average molecular weight is 489 g/mol. The second-order valence-corrected chi connectivity index (χ2v) is 10.4. The SMILES string of the molecule is COC[C@H]1CC[C@@H]1C(=O)Nc1cc2cc(N3CCN([C@@]4(C)COC[C@H]4O)CC3)c(Cl)cc2cn1. The van der Waals surface area contributed by atoms with Gasteiger partial charge < -0.3 is 24.8 Å². The number of amides is 1. The zero-order chi connectivity index (χ0) is 23.9. The van der Waals surface area contributed by atoms with E-state index in [1.165, 1.54) is 0 Å². The summed E-state index contributed by atoms with van der Waals surface area (Å²) in [6.07, 6.45) is 3.21. The number of rotatable bonds is 6. The van der Waals surface area contributed by atoms with Crippen LogP contribution in [0.15, 0.2) is 24.4 Å². The molecule has 2 aromatic rings. The Morgan fingerprint density at radius 2 is 2.06 bits per heavy atom. The quantitative estimate of drug-likeness (QED) is 0.646. The second kappa shape index (κ2) is 9.59. The highest BCUT2D eigenvalue weighted by atomic mass is 35.5. The molecule has 1 aromatic heterocycles. The number of fused-ring (bicyclic) bond motifs is 1. The molecule has 1 aliphatic carbocycles. The van der Waals surface area contributed by atoms with Crippen LogP contribution in [0.1, 0.15) is 19.8 Å². The Hall–Kier alpha value is -1.97. The fraction of sp³-hybridized carbons (Fsp3) is 0.600. The molecule has 0 unspecified atom stereocenters. The first-order chi connectivity index (χ1) is 16.4. The van der Waals surface area contributed by atoms with E-state index in [9.17, 15) is 9.90 Å². The fourth-order valence-corrected chi connectivity index (χ4v) is 5.72. The van der Waals surface area contributed by atoms with Crippen molar-refractivity contribution in [2.45, 2.75) is 31.4 Å². The predicted molar refractivity (Wildman–Crippen MR) is 132 cm³/mol. The van der Waals surface area contributed by atoms with Gasteiger partial charge in [-0.15, -0.1) is 0 Å². The lowest BCUT2D eigenvalue weighted by atomic mass is 9.73. The number of aliphatic hydroxyl groups excluding tert-OH is 1. The molecule has 3 aliphatic rings. The van der Waals surface area contributed by atoms with Gasteiger partial charge in [0.15, 0.2) is 0 Å². The molecule has 3 fully saturated rings. The zero-order valence-electron chi connectivity index (χ0n) is 19.8. The maximum absolute atomic E-state index is 12.7. The van der Waals surface area contributed by atoms with E-state index in [0.29, 0.717) is 30.7 Å². The lowest BCUT2D eigenvalue weighted by Crippen LogP contribution is -2.60. The number of hydrogen-bond acceptors (Lipinski definition) is 7. The van der Waals surface area contributed by atoms with Gasteiger partial charge in [-0.05, 0) is 49.3 Å². The number of nitrogens with zero attached hydrogens (tertiary/aromatic N) is 3. The smallest absolute Gasteiger partial charge is 0.229 e. The van der Waals surface area contributed by atoms with Crippen molar-refractivity contribution in [2.75, 3.05) is 63.3 Å². The van der Waals surface area contributed by atoms with Crippen LogP contribution in [0, 0.1) is 11.8 Å². The summed E-state index contributed by atoms with van der Waals surface area (Å²) in [6.45, 7) is 6.92. The van der Waals surface area contributed by atoms with Gasteiger partial charge in [0.1, 0.15) is 5.82 Å². The number of hydrogen-bond donors (Lipinski definition) is 2. The maximum atomic E-state index is 12.7. The molecule has 4 atom stereocenters. The number of benzene rings is 1. The number of carbonyl (C=O) groups excluding carboxylic acids is 1. The normalized spacial score (nSPS) is 29.9. The molecule has 0 spiro atoms.